The predicted molar refractivity (Wildman–Crippen MR) is 77.9 cm³/mol. The summed E-state index contributed by atoms with van der Waals surface area (Å²) < 4.78 is 12.9. The standard InChI is InChI=1S/C15H21N3O2/c1-4-16-10-12-5-6-14(19-3)9-15(12)20-11-13-7-8-18(2)17-13/h5-9,16H,4,10-11H2,1-3H3. The second kappa shape index (κ2) is 6.96. The fourth-order valence-electron chi connectivity index (χ4n) is 1.89. The molecule has 1 aromatic carbocycles. The van der Waals surface area contributed by atoms with E-state index >= 15 is 0 Å². The Labute approximate surface area is 119 Å². The summed E-state index contributed by atoms with van der Waals surface area (Å²) in [6, 6.07) is 7.83. The average molecular weight is 275 g/mol. The van der Waals surface area contributed by atoms with Gasteiger partial charge in [0.1, 0.15) is 18.1 Å². The minimum absolute atomic E-state index is 0.452. The lowest BCUT2D eigenvalue weighted by molar-refractivity contribution is 0.294. The number of rotatable bonds is 7. The van der Waals surface area contributed by atoms with Crippen molar-refractivity contribution in [2.24, 2.45) is 7.05 Å². The fourth-order valence-corrected chi connectivity index (χ4v) is 1.89. The number of aryl methyl sites for hydroxylation is 1. The van der Waals surface area contributed by atoms with Crippen LogP contribution in [0.25, 0.3) is 0 Å². The molecule has 5 nitrogen and oxygen atoms in total. The normalized spacial score (nSPS) is 10.6. The highest BCUT2D eigenvalue weighted by atomic mass is 16.5. The molecular weight excluding hydrogens is 254 g/mol. The number of aromatic nitrogens is 2. The summed E-state index contributed by atoms with van der Waals surface area (Å²) in [5, 5.41) is 7.61. The van der Waals surface area contributed by atoms with Crippen LogP contribution in [-0.2, 0) is 20.2 Å². The lowest BCUT2D eigenvalue weighted by Gasteiger charge is -2.12. The van der Waals surface area contributed by atoms with Crippen molar-refractivity contribution in [3.8, 4) is 11.5 Å². The molecule has 0 amide bonds. The first-order chi connectivity index (χ1) is 9.72. The van der Waals surface area contributed by atoms with Gasteiger partial charge in [-0.05, 0) is 18.7 Å². The molecule has 0 unspecified atom stereocenters. The summed E-state index contributed by atoms with van der Waals surface area (Å²) in [4.78, 5) is 0. The molecule has 0 aliphatic heterocycles. The van der Waals surface area contributed by atoms with E-state index in [4.69, 9.17) is 9.47 Å². The van der Waals surface area contributed by atoms with Crippen molar-refractivity contribution >= 4 is 0 Å². The number of ether oxygens (including phenoxy) is 2. The van der Waals surface area contributed by atoms with E-state index < -0.39 is 0 Å². The third-order valence-electron chi connectivity index (χ3n) is 2.98. The molecule has 0 radical (unpaired) electrons. The highest BCUT2D eigenvalue weighted by Gasteiger charge is 2.07. The predicted octanol–water partition coefficient (Wildman–Crippen LogP) is 2.12. The summed E-state index contributed by atoms with van der Waals surface area (Å²) >= 11 is 0. The first-order valence-electron chi connectivity index (χ1n) is 6.72. The van der Waals surface area contributed by atoms with Crippen LogP contribution in [0.3, 0.4) is 0 Å². The van der Waals surface area contributed by atoms with Crippen LogP contribution in [-0.4, -0.2) is 23.4 Å². The zero-order valence-corrected chi connectivity index (χ0v) is 12.2. The van der Waals surface area contributed by atoms with Crippen LogP contribution in [0.1, 0.15) is 18.2 Å². The Bertz CT molecular complexity index is 552. The third kappa shape index (κ3) is 3.74. The van der Waals surface area contributed by atoms with Crippen LogP contribution in [0, 0.1) is 0 Å². The molecule has 0 atom stereocenters. The maximum atomic E-state index is 5.88. The van der Waals surface area contributed by atoms with Crippen molar-refractivity contribution in [2.75, 3.05) is 13.7 Å². The molecule has 0 fully saturated rings. The van der Waals surface area contributed by atoms with Crippen LogP contribution < -0.4 is 14.8 Å². The molecule has 1 N–H and O–H groups in total. The zero-order valence-electron chi connectivity index (χ0n) is 12.2. The van der Waals surface area contributed by atoms with Gasteiger partial charge in [0.05, 0.1) is 12.8 Å². The van der Waals surface area contributed by atoms with E-state index in [0.29, 0.717) is 6.61 Å². The first kappa shape index (κ1) is 14.4. The lowest BCUT2D eigenvalue weighted by atomic mass is 10.2. The second-order valence-corrected chi connectivity index (χ2v) is 4.52. The molecule has 0 aliphatic carbocycles. The molecule has 2 rings (SSSR count). The number of hydrogen-bond acceptors (Lipinski definition) is 4. The molecule has 0 aliphatic rings. The maximum absolute atomic E-state index is 5.88. The van der Waals surface area contributed by atoms with E-state index in [1.54, 1.807) is 11.8 Å². The average Bonchev–Trinajstić information content (AvgIpc) is 2.89. The first-order valence-corrected chi connectivity index (χ1v) is 6.72. The van der Waals surface area contributed by atoms with Crippen molar-refractivity contribution in [3.05, 3.63) is 41.7 Å². The van der Waals surface area contributed by atoms with Crippen LogP contribution >= 0.6 is 0 Å². The van der Waals surface area contributed by atoms with Gasteiger partial charge in [-0.3, -0.25) is 4.68 Å². The Morgan fingerprint density at radius 2 is 2.15 bits per heavy atom. The maximum Gasteiger partial charge on any atom is 0.132 e. The van der Waals surface area contributed by atoms with E-state index in [-0.39, 0.29) is 0 Å². The zero-order chi connectivity index (χ0) is 14.4. The van der Waals surface area contributed by atoms with Gasteiger partial charge < -0.3 is 14.8 Å². The van der Waals surface area contributed by atoms with Crippen LogP contribution in [0.5, 0.6) is 11.5 Å². The second-order valence-electron chi connectivity index (χ2n) is 4.52. The highest BCUT2D eigenvalue weighted by molar-refractivity contribution is 5.40. The van der Waals surface area contributed by atoms with Gasteiger partial charge in [0.2, 0.25) is 0 Å². The summed E-state index contributed by atoms with van der Waals surface area (Å²) in [6.45, 7) is 4.23. The molecular formula is C15H21N3O2. The summed E-state index contributed by atoms with van der Waals surface area (Å²) in [6.07, 6.45) is 1.91. The molecule has 0 saturated carbocycles. The third-order valence-corrected chi connectivity index (χ3v) is 2.98. The minimum Gasteiger partial charge on any atom is -0.497 e. The van der Waals surface area contributed by atoms with Gasteiger partial charge in [-0.1, -0.05) is 13.0 Å². The molecule has 20 heavy (non-hydrogen) atoms. The number of benzene rings is 1. The van der Waals surface area contributed by atoms with E-state index in [9.17, 15) is 0 Å². The van der Waals surface area contributed by atoms with Gasteiger partial charge >= 0.3 is 0 Å². The van der Waals surface area contributed by atoms with E-state index in [1.165, 1.54) is 0 Å². The van der Waals surface area contributed by atoms with Crippen molar-refractivity contribution in [2.45, 2.75) is 20.1 Å². The van der Waals surface area contributed by atoms with Gasteiger partial charge in [0, 0.05) is 31.4 Å². The van der Waals surface area contributed by atoms with Crippen LogP contribution in [0.2, 0.25) is 0 Å². The topological polar surface area (TPSA) is 48.3 Å². The summed E-state index contributed by atoms with van der Waals surface area (Å²) in [5.74, 6) is 1.62. The van der Waals surface area contributed by atoms with Crippen molar-refractivity contribution in [1.82, 2.24) is 15.1 Å². The van der Waals surface area contributed by atoms with Crippen LogP contribution in [0.15, 0.2) is 30.5 Å². The molecule has 108 valence electrons. The SMILES string of the molecule is CCNCc1ccc(OC)cc1OCc1ccn(C)n1. The van der Waals surface area contributed by atoms with Gasteiger partial charge in [0.25, 0.3) is 0 Å². The largest absolute Gasteiger partial charge is 0.497 e. The Kier molecular flexibility index (Phi) is 5.01. The van der Waals surface area contributed by atoms with Crippen molar-refractivity contribution in [1.29, 1.82) is 0 Å². The monoisotopic (exact) mass is 275 g/mol. The Morgan fingerprint density at radius 3 is 2.80 bits per heavy atom. The van der Waals surface area contributed by atoms with Gasteiger partial charge in [0.15, 0.2) is 0 Å². The molecule has 0 saturated heterocycles. The Hall–Kier alpha value is -2.01. The van der Waals surface area contributed by atoms with Crippen molar-refractivity contribution in [3.63, 3.8) is 0 Å². The highest BCUT2D eigenvalue weighted by Crippen LogP contribution is 2.25. The van der Waals surface area contributed by atoms with E-state index in [1.807, 2.05) is 37.5 Å². The number of hydrogen-bond donors (Lipinski definition) is 1. The quantitative estimate of drug-likeness (QED) is 0.841. The Morgan fingerprint density at radius 1 is 1.30 bits per heavy atom. The molecule has 1 heterocycles. The van der Waals surface area contributed by atoms with Crippen molar-refractivity contribution < 1.29 is 9.47 Å². The van der Waals surface area contributed by atoms with E-state index in [0.717, 1.165) is 35.8 Å². The van der Waals surface area contributed by atoms with Crippen LogP contribution in [0.4, 0.5) is 0 Å². The van der Waals surface area contributed by atoms with Gasteiger partial charge in [-0.15, -0.1) is 0 Å². The molecule has 5 heteroatoms. The number of nitrogens with zero attached hydrogens (tertiary/aromatic N) is 2. The van der Waals surface area contributed by atoms with E-state index in [2.05, 4.69) is 17.3 Å². The summed E-state index contributed by atoms with van der Waals surface area (Å²) in [5.41, 5.74) is 2.02. The van der Waals surface area contributed by atoms with Gasteiger partial charge in [-0.2, -0.15) is 5.10 Å². The lowest BCUT2D eigenvalue weighted by Crippen LogP contribution is -2.13. The molecule has 0 spiro atoms. The fraction of sp³-hybridized carbons (Fsp3) is 0.400. The molecule has 1 aromatic heterocycles. The smallest absolute Gasteiger partial charge is 0.132 e. The Balaban J connectivity index is 2.10. The molecule has 0 bridgehead atoms. The van der Waals surface area contributed by atoms with Gasteiger partial charge in [-0.25, -0.2) is 0 Å². The molecule has 2 aromatic rings. The minimum atomic E-state index is 0.452. The summed E-state index contributed by atoms with van der Waals surface area (Å²) in [7, 11) is 3.55. The number of nitrogens with one attached hydrogen (secondary N) is 1. The number of methoxy groups -OCH3 is 1.